The lowest BCUT2D eigenvalue weighted by atomic mass is 9.88. The number of hydrogen-bond acceptors (Lipinski definition) is 12. The molecule has 12 nitrogen and oxygen atoms in total. The molecular formula is C28H44O12. The van der Waals surface area contributed by atoms with E-state index in [0.29, 0.717) is 5.75 Å². The fraction of sp³-hybridized carbons (Fsp3) is 0.750. The Labute approximate surface area is 234 Å². The highest BCUT2D eigenvalue weighted by Crippen LogP contribution is 2.31. The summed E-state index contributed by atoms with van der Waals surface area (Å²) in [5.41, 5.74) is 1.19. The zero-order chi connectivity index (χ0) is 29.8. The summed E-state index contributed by atoms with van der Waals surface area (Å²) in [7, 11) is 0. The van der Waals surface area contributed by atoms with E-state index in [-0.39, 0.29) is 17.8 Å². The molecule has 6 N–H and O–H groups in total. The molecule has 228 valence electrons. The van der Waals surface area contributed by atoms with Crippen LogP contribution in [0.5, 0.6) is 5.75 Å². The maximum absolute atomic E-state index is 12.1. The summed E-state index contributed by atoms with van der Waals surface area (Å²) in [6, 6.07) is 7.21. The van der Waals surface area contributed by atoms with Crippen LogP contribution in [0.15, 0.2) is 24.3 Å². The van der Waals surface area contributed by atoms with Gasteiger partial charge in [0.2, 0.25) is 6.29 Å². The first-order valence-electron chi connectivity index (χ1n) is 13.6. The zero-order valence-electron chi connectivity index (χ0n) is 23.6. The summed E-state index contributed by atoms with van der Waals surface area (Å²) in [6.07, 6.45) is -14.0. The van der Waals surface area contributed by atoms with Crippen molar-refractivity contribution in [2.24, 2.45) is 11.3 Å². The fourth-order valence-corrected chi connectivity index (χ4v) is 4.75. The van der Waals surface area contributed by atoms with Crippen molar-refractivity contribution in [2.45, 2.75) is 109 Å². The van der Waals surface area contributed by atoms with Crippen molar-refractivity contribution in [3.8, 4) is 5.75 Å². The molecule has 2 aliphatic rings. The second-order valence-corrected chi connectivity index (χ2v) is 12.1. The van der Waals surface area contributed by atoms with Crippen LogP contribution in [0.2, 0.25) is 0 Å². The lowest BCUT2D eigenvalue weighted by Gasteiger charge is -2.46. The van der Waals surface area contributed by atoms with Crippen LogP contribution in [0.25, 0.3) is 0 Å². The molecule has 2 saturated heterocycles. The number of benzene rings is 1. The van der Waals surface area contributed by atoms with Crippen LogP contribution in [-0.2, 0) is 30.2 Å². The second kappa shape index (κ2) is 13.9. The molecule has 0 amide bonds. The zero-order valence-corrected chi connectivity index (χ0v) is 23.6. The third-order valence-electron chi connectivity index (χ3n) is 6.69. The number of hydrogen-bond donors (Lipinski definition) is 6. The molecule has 0 bridgehead atoms. The summed E-state index contributed by atoms with van der Waals surface area (Å²) in [6.45, 7) is 8.66. The smallest absolute Gasteiger partial charge is 0.306 e. The molecule has 10 unspecified atom stereocenters. The average molecular weight is 573 g/mol. The molecule has 2 fully saturated rings. The maximum atomic E-state index is 12.1. The van der Waals surface area contributed by atoms with E-state index in [1.54, 1.807) is 26.0 Å². The number of carbonyl (C=O) groups is 1. The molecule has 0 radical (unpaired) electrons. The fourth-order valence-electron chi connectivity index (χ4n) is 4.75. The average Bonchev–Trinajstić information content (AvgIpc) is 2.87. The van der Waals surface area contributed by atoms with Crippen molar-refractivity contribution in [2.75, 3.05) is 13.2 Å². The lowest BCUT2D eigenvalue weighted by molar-refractivity contribution is -0.353. The predicted molar refractivity (Wildman–Crippen MR) is 140 cm³/mol. The molecule has 40 heavy (non-hydrogen) atoms. The minimum atomic E-state index is -1.76. The van der Waals surface area contributed by atoms with Gasteiger partial charge in [-0.25, -0.2) is 0 Å². The van der Waals surface area contributed by atoms with Crippen molar-refractivity contribution >= 4 is 5.97 Å². The molecule has 12 heteroatoms. The van der Waals surface area contributed by atoms with Crippen molar-refractivity contribution in [1.29, 1.82) is 0 Å². The number of aliphatic hydroxyl groups is 6. The molecule has 0 aromatic heterocycles. The first kappa shape index (κ1) is 32.6. The normalized spacial score (nSPS) is 35.0. The molecular weight excluding hydrogens is 528 g/mol. The molecule has 3 rings (SSSR count). The third kappa shape index (κ3) is 8.34. The molecule has 1 aromatic rings. The Morgan fingerprint density at radius 1 is 0.850 bits per heavy atom. The van der Waals surface area contributed by atoms with Crippen LogP contribution in [0.4, 0.5) is 0 Å². The van der Waals surface area contributed by atoms with Gasteiger partial charge in [-0.2, -0.15) is 0 Å². The number of rotatable bonds is 10. The minimum Gasteiger partial charge on any atom is -0.462 e. The highest BCUT2D eigenvalue weighted by Gasteiger charge is 2.52. The highest BCUT2D eigenvalue weighted by molar-refractivity contribution is 5.69. The standard InChI is InChI=1S/C28H44O12/c1-14(2)10-19(31)39-24-17(12-29)38-27(23(35)20(24)32)40-25-18(13-30)37-26(22(34)21(25)33)36-16-8-6-15(7-9-16)11-28(3,4)5/h6-9,14,17-18,20-27,29-30,32-35H,10-13H2,1-5H3. The topological polar surface area (TPSA) is 185 Å². The number of esters is 1. The summed E-state index contributed by atoms with van der Waals surface area (Å²) < 4.78 is 27.9. The van der Waals surface area contributed by atoms with E-state index in [0.717, 1.165) is 12.0 Å². The molecule has 2 heterocycles. The Morgan fingerprint density at radius 3 is 1.93 bits per heavy atom. The van der Waals surface area contributed by atoms with Crippen LogP contribution < -0.4 is 4.74 Å². The minimum absolute atomic E-state index is 0.0157. The van der Waals surface area contributed by atoms with Gasteiger partial charge in [-0.1, -0.05) is 46.8 Å². The second-order valence-electron chi connectivity index (χ2n) is 12.1. The van der Waals surface area contributed by atoms with Gasteiger partial charge in [0.25, 0.3) is 0 Å². The van der Waals surface area contributed by atoms with Gasteiger partial charge in [-0.05, 0) is 35.4 Å². The summed E-state index contributed by atoms with van der Waals surface area (Å²) >= 11 is 0. The summed E-state index contributed by atoms with van der Waals surface area (Å²) in [5, 5.41) is 62.6. The largest absolute Gasteiger partial charge is 0.462 e. The van der Waals surface area contributed by atoms with Crippen molar-refractivity contribution < 1.29 is 59.1 Å². The number of ether oxygens (including phenoxy) is 5. The van der Waals surface area contributed by atoms with Gasteiger partial charge in [0.1, 0.15) is 48.5 Å². The van der Waals surface area contributed by atoms with E-state index in [9.17, 15) is 35.4 Å². The number of carbonyl (C=O) groups excluding carboxylic acids is 1. The maximum Gasteiger partial charge on any atom is 0.306 e. The summed E-state index contributed by atoms with van der Waals surface area (Å²) in [4.78, 5) is 12.1. The van der Waals surface area contributed by atoms with Crippen molar-refractivity contribution in [3.63, 3.8) is 0 Å². The van der Waals surface area contributed by atoms with Gasteiger partial charge < -0.3 is 54.3 Å². The van der Waals surface area contributed by atoms with E-state index in [4.69, 9.17) is 23.7 Å². The van der Waals surface area contributed by atoms with E-state index in [1.807, 2.05) is 12.1 Å². The van der Waals surface area contributed by atoms with E-state index in [1.165, 1.54) is 0 Å². The quantitative estimate of drug-likeness (QED) is 0.205. The molecule has 0 spiro atoms. The highest BCUT2D eigenvalue weighted by atomic mass is 16.7. The lowest BCUT2D eigenvalue weighted by Crippen LogP contribution is -2.65. The van der Waals surface area contributed by atoms with Crippen LogP contribution in [0.1, 0.15) is 46.6 Å². The Kier molecular flexibility index (Phi) is 11.3. The Bertz CT molecular complexity index is 928. The van der Waals surface area contributed by atoms with Crippen molar-refractivity contribution in [3.05, 3.63) is 29.8 Å². The van der Waals surface area contributed by atoms with Gasteiger partial charge in [0.15, 0.2) is 12.4 Å². The molecule has 1 aromatic carbocycles. The predicted octanol–water partition coefficient (Wildman–Crippen LogP) is -0.125. The van der Waals surface area contributed by atoms with E-state index in [2.05, 4.69) is 20.8 Å². The van der Waals surface area contributed by atoms with E-state index < -0.39 is 80.6 Å². The van der Waals surface area contributed by atoms with Crippen molar-refractivity contribution in [1.82, 2.24) is 0 Å². The van der Waals surface area contributed by atoms with Crippen LogP contribution in [0.3, 0.4) is 0 Å². The van der Waals surface area contributed by atoms with Gasteiger partial charge in [-0.15, -0.1) is 0 Å². The summed E-state index contributed by atoms with van der Waals surface area (Å²) in [5.74, 6) is -0.275. The van der Waals surface area contributed by atoms with E-state index >= 15 is 0 Å². The Balaban J connectivity index is 1.66. The Morgan fingerprint density at radius 2 is 1.38 bits per heavy atom. The van der Waals surface area contributed by atoms with Gasteiger partial charge in [-0.3, -0.25) is 4.79 Å². The molecule has 0 saturated carbocycles. The first-order valence-corrected chi connectivity index (χ1v) is 13.6. The van der Waals surface area contributed by atoms with Crippen LogP contribution >= 0.6 is 0 Å². The SMILES string of the molecule is CC(C)CC(=O)OC1C(CO)OC(OC2C(CO)OC(Oc3ccc(CC(C)(C)C)cc3)C(O)C2O)C(O)C1O. The van der Waals surface area contributed by atoms with Gasteiger partial charge >= 0.3 is 5.97 Å². The van der Waals surface area contributed by atoms with Crippen LogP contribution in [-0.4, -0.2) is 111 Å². The van der Waals surface area contributed by atoms with Gasteiger partial charge in [0, 0.05) is 6.42 Å². The monoisotopic (exact) mass is 572 g/mol. The molecule has 0 aliphatic carbocycles. The molecule has 10 atom stereocenters. The molecule has 2 aliphatic heterocycles. The van der Waals surface area contributed by atoms with Crippen LogP contribution in [0, 0.1) is 11.3 Å². The first-order chi connectivity index (χ1) is 18.7. The van der Waals surface area contributed by atoms with Gasteiger partial charge in [0.05, 0.1) is 13.2 Å². The Hall–Kier alpha value is -1.87. The number of aliphatic hydroxyl groups excluding tert-OH is 6. The third-order valence-corrected chi connectivity index (χ3v) is 6.69.